The Labute approximate surface area is 167 Å². The number of benzene rings is 1. The van der Waals surface area contributed by atoms with Crippen molar-refractivity contribution in [3.8, 4) is 5.75 Å². The smallest absolute Gasteiger partial charge is 0.242 e. The molecule has 0 fully saturated rings. The van der Waals surface area contributed by atoms with E-state index in [4.69, 9.17) is 4.74 Å². The second-order valence-corrected chi connectivity index (χ2v) is 7.78. The Morgan fingerprint density at radius 1 is 1.25 bits per heavy atom. The van der Waals surface area contributed by atoms with Gasteiger partial charge in [0.1, 0.15) is 12.3 Å². The van der Waals surface area contributed by atoms with Crippen molar-refractivity contribution in [1.29, 1.82) is 0 Å². The number of nitrogens with one attached hydrogen (secondary N) is 1. The maximum absolute atomic E-state index is 13.0. The summed E-state index contributed by atoms with van der Waals surface area (Å²) in [6, 6.07) is 5.45. The topological polar surface area (TPSA) is 76.5 Å². The number of methoxy groups -OCH3 is 1. The Balaban J connectivity index is 2.44. The van der Waals surface area contributed by atoms with Crippen molar-refractivity contribution in [3.05, 3.63) is 24.0 Å². The SMILES string of the molecule is CCNCCN(CC)C(=O)Cn1c(C(=O)C(C)(C)C)nc2ccc(OC)cc21. The maximum Gasteiger partial charge on any atom is 0.242 e. The summed E-state index contributed by atoms with van der Waals surface area (Å²) in [4.78, 5) is 32.3. The van der Waals surface area contributed by atoms with Crippen molar-refractivity contribution in [2.75, 3.05) is 33.3 Å². The van der Waals surface area contributed by atoms with Crippen molar-refractivity contribution < 1.29 is 14.3 Å². The molecule has 0 aliphatic rings. The molecule has 154 valence electrons. The summed E-state index contributed by atoms with van der Waals surface area (Å²) in [5, 5.41) is 3.24. The van der Waals surface area contributed by atoms with Crippen molar-refractivity contribution in [1.82, 2.24) is 19.8 Å². The molecule has 1 heterocycles. The number of carbonyl (C=O) groups is 2. The predicted octanol–water partition coefficient (Wildman–Crippen LogP) is 2.73. The van der Waals surface area contributed by atoms with E-state index < -0.39 is 5.41 Å². The number of fused-ring (bicyclic) bond motifs is 1. The van der Waals surface area contributed by atoms with Crippen LogP contribution in [0.4, 0.5) is 0 Å². The fraction of sp³-hybridized carbons (Fsp3) is 0.571. The van der Waals surface area contributed by atoms with Gasteiger partial charge in [0.25, 0.3) is 0 Å². The highest BCUT2D eigenvalue weighted by molar-refractivity contribution is 6.00. The number of likely N-dealkylation sites (N-methyl/N-ethyl adjacent to an activating group) is 2. The summed E-state index contributed by atoms with van der Waals surface area (Å²) in [6.45, 7) is 12.5. The van der Waals surface area contributed by atoms with Crippen molar-refractivity contribution in [2.24, 2.45) is 5.41 Å². The monoisotopic (exact) mass is 388 g/mol. The first kappa shape index (κ1) is 21.9. The molecule has 0 aliphatic heterocycles. The Bertz CT molecular complexity index is 836. The van der Waals surface area contributed by atoms with Gasteiger partial charge >= 0.3 is 0 Å². The van der Waals surface area contributed by atoms with Gasteiger partial charge in [-0.2, -0.15) is 0 Å². The van der Waals surface area contributed by atoms with Gasteiger partial charge in [-0.3, -0.25) is 9.59 Å². The number of Topliss-reactive ketones (excluding diaryl/α,β-unsaturated/α-hetero) is 1. The van der Waals surface area contributed by atoms with Gasteiger partial charge in [0, 0.05) is 31.1 Å². The van der Waals surface area contributed by atoms with E-state index in [-0.39, 0.29) is 18.2 Å². The number of aromatic nitrogens is 2. The summed E-state index contributed by atoms with van der Waals surface area (Å²) in [5.74, 6) is 0.846. The van der Waals surface area contributed by atoms with Crippen LogP contribution in [0.5, 0.6) is 5.75 Å². The van der Waals surface area contributed by atoms with Gasteiger partial charge in [-0.15, -0.1) is 0 Å². The Hall–Kier alpha value is -2.41. The number of amides is 1. The second-order valence-electron chi connectivity index (χ2n) is 7.78. The summed E-state index contributed by atoms with van der Waals surface area (Å²) in [7, 11) is 1.59. The van der Waals surface area contributed by atoms with Crippen LogP contribution in [0.3, 0.4) is 0 Å². The van der Waals surface area contributed by atoms with Crippen LogP contribution < -0.4 is 10.1 Å². The van der Waals surface area contributed by atoms with E-state index in [0.29, 0.717) is 30.2 Å². The van der Waals surface area contributed by atoms with E-state index in [2.05, 4.69) is 10.3 Å². The zero-order valence-corrected chi connectivity index (χ0v) is 17.8. The highest BCUT2D eigenvalue weighted by atomic mass is 16.5. The Morgan fingerprint density at radius 2 is 1.96 bits per heavy atom. The fourth-order valence-electron chi connectivity index (χ4n) is 2.98. The van der Waals surface area contributed by atoms with Crippen molar-refractivity contribution in [2.45, 2.75) is 41.2 Å². The predicted molar refractivity (Wildman–Crippen MR) is 111 cm³/mol. The molecule has 7 nitrogen and oxygen atoms in total. The first-order chi connectivity index (χ1) is 13.2. The molecule has 0 saturated carbocycles. The Morgan fingerprint density at radius 3 is 2.54 bits per heavy atom. The molecular formula is C21H32N4O3. The number of ether oxygens (including phenoxy) is 1. The maximum atomic E-state index is 13.0. The first-order valence-electron chi connectivity index (χ1n) is 9.80. The van der Waals surface area contributed by atoms with E-state index in [9.17, 15) is 9.59 Å². The lowest BCUT2D eigenvalue weighted by atomic mass is 9.90. The molecule has 0 bridgehead atoms. The van der Waals surface area contributed by atoms with Crippen LogP contribution in [0.15, 0.2) is 18.2 Å². The molecule has 2 rings (SSSR count). The summed E-state index contributed by atoms with van der Waals surface area (Å²) < 4.78 is 7.05. The van der Waals surface area contributed by atoms with Gasteiger partial charge in [-0.05, 0) is 25.6 Å². The van der Waals surface area contributed by atoms with E-state index in [1.165, 1.54) is 0 Å². The van der Waals surface area contributed by atoms with E-state index in [1.54, 1.807) is 16.6 Å². The molecular weight excluding hydrogens is 356 g/mol. The van der Waals surface area contributed by atoms with E-state index in [0.717, 1.165) is 18.6 Å². The van der Waals surface area contributed by atoms with Crippen LogP contribution in [-0.2, 0) is 11.3 Å². The van der Waals surface area contributed by atoms with Crippen LogP contribution in [0.1, 0.15) is 45.2 Å². The molecule has 1 N–H and O–H groups in total. The summed E-state index contributed by atoms with van der Waals surface area (Å²) in [6.07, 6.45) is 0. The lowest BCUT2D eigenvalue weighted by molar-refractivity contribution is -0.131. The Kier molecular flexibility index (Phi) is 7.18. The molecule has 1 aromatic heterocycles. The van der Waals surface area contributed by atoms with Gasteiger partial charge in [0.2, 0.25) is 11.7 Å². The quantitative estimate of drug-likeness (QED) is 0.528. The highest BCUT2D eigenvalue weighted by Crippen LogP contribution is 2.26. The number of nitrogens with zero attached hydrogens (tertiary/aromatic N) is 3. The molecule has 28 heavy (non-hydrogen) atoms. The van der Waals surface area contributed by atoms with Gasteiger partial charge in [0.15, 0.2) is 5.82 Å². The number of hydrogen-bond donors (Lipinski definition) is 1. The zero-order chi connectivity index (χ0) is 20.9. The number of carbonyl (C=O) groups excluding carboxylic acids is 2. The fourth-order valence-corrected chi connectivity index (χ4v) is 2.98. The molecule has 0 unspecified atom stereocenters. The third-order valence-corrected chi connectivity index (χ3v) is 4.68. The highest BCUT2D eigenvalue weighted by Gasteiger charge is 2.29. The zero-order valence-electron chi connectivity index (χ0n) is 17.8. The third kappa shape index (κ3) is 4.90. The van der Waals surface area contributed by atoms with Crippen LogP contribution in [0, 0.1) is 5.41 Å². The lowest BCUT2D eigenvalue weighted by Crippen LogP contribution is -2.39. The number of ketones is 1. The average Bonchev–Trinajstić information content (AvgIpc) is 3.01. The molecule has 0 radical (unpaired) electrons. The van der Waals surface area contributed by atoms with Crippen molar-refractivity contribution in [3.63, 3.8) is 0 Å². The van der Waals surface area contributed by atoms with Crippen LogP contribution in [0.2, 0.25) is 0 Å². The van der Waals surface area contributed by atoms with Crippen LogP contribution >= 0.6 is 0 Å². The van der Waals surface area contributed by atoms with Gasteiger partial charge in [0.05, 0.1) is 18.1 Å². The summed E-state index contributed by atoms with van der Waals surface area (Å²) >= 11 is 0. The van der Waals surface area contributed by atoms with Crippen LogP contribution in [-0.4, -0.2) is 59.4 Å². The molecule has 2 aromatic rings. The minimum atomic E-state index is -0.595. The minimum absolute atomic E-state index is 0.0366. The largest absolute Gasteiger partial charge is 0.497 e. The van der Waals surface area contributed by atoms with E-state index >= 15 is 0 Å². The number of rotatable bonds is 9. The van der Waals surface area contributed by atoms with Gasteiger partial charge in [-0.25, -0.2) is 4.98 Å². The first-order valence-corrected chi connectivity index (χ1v) is 9.80. The normalized spacial score (nSPS) is 11.6. The average molecular weight is 389 g/mol. The third-order valence-electron chi connectivity index (χ3n) is 4.68. The van der Waals surface area contributed by atoms with Crippen molar-refractivity contribution >= 4 is 22.7 Å². The summed E-state index contributed by atoms with van der Waals surface area (Å²) in [5.41, 5.74) is 0.807. The molecule has 0 aliphatic carbocycles. The van der Waals surface area contributed by atoms with E-state index in [1.807, 2.05) is 52.8 Å². The minimum Gasteiger partial charge on any atom is -0.497 e. The van der Waals surface area contributed by atoms with Gasteiger partial charge in [-0.1, -0.05) is 27.7 Å². The molecule has 1 amide bonds. The molecule has 7 heteroatoms. The molecule has 1 aromatic carbocycles. The van der Waals surface area contributed by atoms with Crippen LogP contribution in [0.25, 0.3) is 11.0 Å². The molecule has 0 atom stereocenters. The number of hydrogen-bond acceptors (Lipinski definition) is 5. The molecule has 0 saturated heterocycles. The van der Waals surface area contributed by atoms with Gasteiger partial charge < -0.3 is 19.5 Å². The second kappa shape index (κ2) is 9.19. The number of imidazole rings is 1. The lowest BCUT2D eigenvalue weighted by Gasteiger charge is -2.23. The molecule has 0 spiro atoms. The standard InChI is InChI=1S/C21H32N4O3/c1-7-22-11-12-24(8-2)18(26)14-25-17-13-15(28-6)9-10-16(17)23-20(25)19(27)21(3,4)5/h9-10,13,22H,7-8,11-12,14H2,1-6H3.